The number of carbonyl (C=O) groups excluding carboxylic acids is 1. The predicted molar refractivity (Wildman–Crippen MR) is 53.6 cm³/mol. The van der Waals surface area contributed by atoms with E-state index in [0.717, 1.165) is 4.70 Å². The number of fused-ring (bicyclic) bond motifs is 1. The lowest BCUT2D eigenvalue weighted by molar-refractivity contribution is 0.112. The first-order valence-corrected chi connectivity index (χ1v) is 4.68. The largest absolute Gasteiger partial charge is 0.508 e. The summed E-state index contributed by atoms with van der Waals surface area (Å²) in [4.78, 5) is 11.1. The highest BCUT2D eigenvalue weighted by atomic mass is 32.1. The Hall–Kier alpha value is -1.86. The molecule has 0 radical (unpaired) electrons. The molecule has 0 aliphatic carbocycles. The number of benzene rings is 1. The Morgan fingerprint density at radius 1 is 1.50 bits per heavy atom. The van der Waals surface area contributed by atoms with Gasteiger partial charge >= 0.3 is 0 Å². The fourth-order valence-corrected chi connectivity index (χ4v) is 2.25. The van der Waals surface area contributed by atoms with Gasteiger partial charge in [0.15, 0.2) is 6.29 Å². The summed E-state index contributed by atoms with van der Waals surface area (Å²) in [5.74, 6) is 0.0999. The highest BCUT2D eigenvalue weighted by Crippen LogP contribution is 2.31. The van der Waals surface area contributed by atoms with Crippen molar-refractivity contribution in [2.75, 3.05) is 0 Å². The number of rotatable bonds is 1. The van der Waals surface area contributed by atoms with Gasteiger partial charge in [-0.25, -0.2) is 0 Å². The summed E-state index contributed by atoms with van der Waals surface area (Å²) in [6.07, 6.45) is 0.650. The summed E-state index contributed by atoms with van der Waals surface area (Å²) in [6, 6.07) is 6.69. The molecule has 0 unspecified atom stereocenters. The monoisotopic (exact) mass is 203 g/mol. The first-order chi connectivity index (χ1) is 6.76. The second-order valence-corrected chi connectivity index (χ2v) is 3.81. The first-order valence-electron chi connectivity index (χ1n) is 3.87. The van der Waals surface area contributed by atoms with Gasteiger partial charge < -0.3 is 5.11 Å². The van der Waals surface area contributed by atoms with Crippen molar-refractivity contribution in [3.63, 3.8) is 0 Å². The van der Waals surface area contributed by atoms with E-state index in [0.29, 0.717) is 22.1 Å². The fourth-order valence-electron chi connectivity index (χ4n) is 1.30. The third-order valence-electron chi connectivity index (χ3n) is 1.93. The number of aromatic hydroxyl groups is 1. The van der Waals surface area contributed by atoms with E-state index in [1.165, 1.54) is 23.5 Å². The van der Waals surface area contributed by atoms with Crippen LogP contribution in [0.4, 0.5) is 0 Å². The van der Waals surface area contributed by atoms with Crippen molar-refractivity contribution in [2.45, 2.75) is 0 Å². The third-order valence-corrected chi connectivity index (χ3v) is 3.02. The van der Waals surface area contributed by atoms with Crippen molar-refractivity contribution < 1.29 is 9.90 Å². The summed E-state index contributed by atoms with van der Waals surface area (Å²) in [5, 5.41) is 18.6. The van der Waals surface area contributed by atoms with E-state index in [2.05, 4.69) is 0 Å². The van der Waals surface area contributed by atoms with Crippen LogP contribution in [-0.4, -0.2) is 11.4 Å². The number of phenols is 1. The van der Waals surface area contributed by atoms with Gasteiger partial charge in [-0.15, -0.1) is 11.3 Å². The fraction of sp³-hybridized carbons (Fsp3) is 0. The molecule has 68 valence electrons. The van der Waals surface area contributed by atoms with Crippen LogP contribution < -0.4 is 0 Å². The van der Waals surface area contributed by atoms with Gasteiger partial charge in [0, 0.05) is 10.1 Å². The molecule has 1 aromatic carbocycles. The van der Waals surface area contributed by atoms with Crippen molar-refractivity contribution in [2.24, 2.45) is 0 Å². The average molecular weight is 203 g/mol. The molecule has 0 saturated heterocycles. The molecule has 0 atom stereocenters. The molecule has 2 aromatic rings. The van der Waals surface area contributed by atoms with Crippen LogP contribution in [0.5, 0.6) is 5.75 Å². The van der Waals surface area contributed by atoms with Crippen LogP contribution in [0.1, 0.15) is 15.2 Å². The highest BCUT2D eigenvalue weighted by Gasteiger charge is 2.11. The van der Waals surface area contributed by atoms with Crippen LogP contribution in [0.15, 0.2) is 18.2 Å². The molecule has 0 spiro atoms. The van der Waals surface area contributed by atoms with Gasteiger partial charge in [-0.3, -0.25) is 4.79 Å². The maximum Gasteiger partial charge on any atom is 0.152 e. The molecule has 1 aromatic heterocycles. The van der Waals surface area contributed by atoms with Crippen molar-refractivity contribution in [1.82, 2.24) is 0 Å². The van der Waals surface area contributed by atoms with E-state index >= 15 is 0 Å². The van der Waals surface area contributed by atoms with Gasteiger partial charge in [0.1, 0.15) is 16.7 Å². The van der Waals surface area contributed by atoms with E-state index in [1.54, 1.807) is 6.07 Å². The zero-order valence-electron chi connectivity index (χ0n) is 7.02. The maximum atomic E-state index is 10.7. The number of hydrogen-bond donors (Lipinski definition) is 1. The molecular weight excluding hydrogens is 198 g/mol. The van der Waals surface area contributed by atoms with E-state index in [1.807, 2.05) is 6.07 Å². The minimum Gasteiger partial charge on any atom is -0.508 e. The molecule has 1 heterocycles. The van der Waals surface area contributed by atoms with E-state index in [-0.39, 0.29) is 5.75 Å². The second-order valence-electron chi connectivity index (χ2n) is 2.75. The molecular formula is C10H5NO2S. The SMILES string of the molecule is N#Cc1sc2ccc(O)cc2c1C=O. The zero-order chi connectivity index (χ0) is 10.1. The van der Waals surface area contributed by atoms with Crippen LogP contribution in [0.3, 0.4) is 0 Å². The van der Waals surface area contributed by atoms with Crippen molar-refractivity contribution in [3.05, 3.63) is 28.6 Å². The van der Waals surface area contributed by atoms with E-state index in [4.69, 9.17) is 5.26 Å². The molecule has 0 aliphatic heterocycles. The number of carbonyl (C=O) groups is 1. The highest BCUT2D eigenvalue weighted by molar-refractivity contribution is 7.20. The first kappa shape index (κ1) is 8.73. The molecule has 0 saturated carbocycles. The smallest absolute Gasteiger partial charge is 0.152 e. The Morgan fingerprint density at radius 3 is 2.93 bits per heavy atom. The number of hydrogen-bond acceptors (Lipinski definition) is 4. The molecule has 0 aliphatic rings. The van der Waals surface area contributed by atoms with Crippen molar-refractivity contribution >= 4 is 27.7 Å². The van der Waals surface area contributed by atoms with E-state index < -0.39 is 0 Å². The molecule has 0 bridgehead atoms. The van der Waals surface area contributed by atoms with Crippen LogP contribution in [0.25, 0.3) is 10.1 Å². The normalized spacial score (nSPS) is 9.93. The lowest BCUT2D eigenvalue weighted by Gasteiger charge is -1.91. The van der Waals surface area contributed by atoms with Gasteiger partial charge in [0.2, 0.25) is 0 Å². The van der Waals surface area contributed by atoms with Crippen molar-refractivity contribution in [3.8, 4) is 11.8 Å². The van der Waals surface area contributed by atoms with Gasteiger partial charge in [-0.05, 0) is 18.2 Å². The van der Waals surface area contributed by atoms with Crippen LogP contribution in [0.2, 0.25) is 0 Å². The summed E-state index contributed by atoms with van der Waals surface area (Å²) in [5.41, 5.74) is 0.364. The Balaban J connectivity index is 2.90. The van der Waals surface area contributed by atoms with E-state index in [9.17, 15) is 9.90 Å². The Kier molecular flexibility index (Phi) is 1.95. The quantitative estimate of drug-likeness (QED) is 0.723. The molecule has 2 rings (SSSR count). The Labute approximate surface area is 83.8 Å². The average Bonchev–Trinajstić information content (AvgIpc) is 2.54. The molecule has 0 amide bonds. The molecule has 4 heteroatoms. The maximum absolute atomic E-state index is 10.7. The van der Waals surface area contributed by atoms with Crippen molar-refractivity contribution in [1.29, 1.82) is 5.26 Å². The minimum absolute atomic E-state index is 0.0999. The molecule has 14 heavy (non-hydrogen) atoms. The number of nitrogens with zero attached hydrogens (tertiary/aromatic N) is 1. The van der Waals surface area contributed by atoms with Crippen LogP contribution in [-0.2, 0) is 0 Å². The number of phenolic OH excluding ortho intramolecular Hbond substituents is 1. The zero-order valence-corrected chi connectivity index (χ0v) is 7.84. The van der Waals surface area contributed by atoms with Gasteiger partial charge in [-0.1, -0.05) is 0 Å². The standard InChI is InChI=1S/C10H5NO2S/c11-4-10-8(5-12)7-3-6(13)1-2-9(7)14-10/h1-3,5,13H. The van der Waals surface area contributed by atoms with Crippen LogP contribution >= 0.6 is 11.3 Å². The Bertz CT molecular complexity index is 551. The summed E-state index contributed by atoms with van der Waals surface area (Å²) in [7, 11) is 0. The second kappa shape index (κ2) is 3.13. The Morgan fingerprint density at radius 2 is 2.29 bits per heavy atom. The lowest BCUT2D eigenvalue weighted by atomic mass is 10.1. The number of aldehydes is 1. The molecule has 1 N–H and O–H groups in total. The number of nitriles is 1. The molecule has 0 fully saturated rings. The summed E-state index contributed by atoms with van der Waals surface area (Å²) >= 11 is 1.25. The predicted octanol–water partition coefficient (Wildman–Crippen LogP) is 2.29. The third kappa shape index (κ3) is 1.15. The number of thiophene rings is 1. The van der Waals surface area contributed by atoms with Gasteiger partial charge in [0.05, 0.1) is 5.56 Å². The minimum atomic E-state index is 0.0999. The molecule has 3 nitrogen and oxygen atoms in total. The van der Waals surface area contributed by atoms with Crippen LogP contribution in [0, 0.1) is 11.3 Å². The summed E-state index contributed by atoms with van der Waals surface area (Å²) < 4.78 is 0.835. The summed E-state index contributed by atoms with van der Waals surface area (Å²) in [6.45, 7) is 0. The topological polar surface area (TPSA) is 61.1 Å². The van der Waals surface area contributed by atoms with Gasteiger partial charge in [0.25, 0.3) is 0 Å². The van der Waals surface area contributed by atoms with Gasteiger partial charge in [-0.2, -0.15) is 5.26 Å². The lowest BCUT2D eigenvalue weighted by Crippen LogP contribution is -1.79.